The average molecular weight is 334 g/mol. The third-order valence-corrected chi connectivity index (χ3v) is 5.72. The van der Waals surface area contributed by atoms with Gasteiger partial charge in [0.05, 0.1) is 0 Å². The van der Waals surface area contributed by atoms with Gasteiger partial charge in [-0.05, 0) is 44.2 Å². The van der Waals surface area contributed by atoms with Crippen LogP contribution in [-0.2, 0) is 17.1 Å². The normalized spacial score (nSPS) is 9.26. The van der Waals surface area contributed by atoms with Gasteiger partial charge in [-0.25, -0.2) is 0 Å². The van der Waals surface area contributed by atoms with E-state index in [0.717, 1.165) is 12.8 Å². The summed E-state index contributed by atoms with van der Waals surface area (Å²) in [5.41, 5.74) is 0. The Kier molecular flexibility index (Phi) is 30.4. The maximum Gasteiger partial charge on any atom is 0.00834 e. The van der Waals surface area contributed by atoms with Gasteiger partial charge in [-0.2, -0.15) is 0 Å². The molecule has 0 amide bonds. The zero-order valence-corrected chi connectivity index (χ0v) is 15.4. The second-order valence-electron chi connectivity index (χ2n) is 4.86. The van der Waals surface area contributed by atoms with Crippen LogP contribution in [0.15, 0.2) is 0 Å². The van der Waals surface area contributed by atoms with Gasteiger partial charge in [0.25, 0.3) is 0 Å². The van der Waals surface area contributed by atoms with Crippen LogP contribution in [0.2, 0.25) is 0 Å². The Balaban J connectivity index is -0.000000366. The summed E-state index contributed by atoms with van der Waals surface area (Å²) < 4.78 is 0. The molecule has 0 unspecified atom stereocenters. The first-order valence-corrected chi connectivity index (χ1v) is 9.82. The molecular weight excluding hydrogens is 299 g/mol. The first-order valence-electron chi connectivity index (χ1n) is 7.92. The molecule has 0 spiro atoms. The van der Waals surface area contributed by atoms with Crippen molar-refractivity contribution in [3.8, 4) is 12.3 Å². The Morgan fingerprint density at radius 1 is 0.737 bits per heavy atom. The molecule has 0 N–H and O–H groups in total. The maximum absolute atomic E-state index is 4.89. The topological polar surface area (TPSA) is 0 Å². The van der Waals surface area contributed by atoms with Gasteiger partial charge in [0.15, 0.2) is 0 Å². The molecular formula is C17H35CuP. The quantitative estimate of drug-likeness (QED) is 0.250. The number of hydrogen-bond acceptors (Lipinski definition) is 0. The molecule has 0 aliphatic heterocycles. The van der Waals surface area contributed by atoms with Crippen molar-refractivity contribution in [2.45, 2.75) is 79.1 Å². The molecule has 0 aliphatic carbocycles. The van der Waals surface area contributed by atoms with Gasteiger partial charge in [0.2, 0.25) is 0 Å². The Labute approximate surface area is 135 Å². The molecule has 0 saturated heterocycles. The number of rotatable bonds is 10. The second kappa shape index (κ2) is 23.6. The van der Waals surface area contributed by atoms with Crippen LogP contribution in [0, 0.1) is 12.3 Å². The van der Waals surface area contributed by atoms with E-state index in [1.165, 1.54) is 38.5 Å². The molecule has 0 aliphatic rings. The van der Waals surface area contributed by atoms with Crippen LogP contribution in [-0.4, -0.2) is 18.5 Å². The number of unbranched alkanes of at least 4 members (excludes halogenated alkanes) is 4. The maximum atomic E-state index is 4.89. The molecule has 119 valence electrons. The SMILES string of the molecule is C#CCCC.CCCCP(CCCC)CCCC.[Cu]. The van der Waals surface area contributed by atoms with Crippen molar-refractivity contribution in [1.82, 2.24) is 0 Å². The van der Waals surface area contributed by atoms with Gasteiger partial charge < -0.3 is 0 Å². The minimum Gasteiger partial charge on any atom is -0.120 e. The summed E-state index contributed by atoms with van der Waals surface area (Å²) in [6.07, 6.45) is 20.1. The predicted octanol–water partition coefficient (Wildman–Crippen LogP) is 6.29. The van der Waals surface area contributed by atoms with Gasteiger partial charge in [-0.3, -0.25) is 0 Å². The van der Waals surface area contributed by atoms with E-state index in [1.54, 1.807) is 18.5 Å². The van der Waals surface area contributed by atoms with Gasteiger partial charge in [0, 0.05) is 23.5 Å². The van der Waals surface area contributed by atoms with Crippen LogP contribution >= 0.6 is 7.92 Å². The summed E-state index contributed by atoms with van der Waals surface area (Å²) in [5, 5.41) is 0. The fourth-order valence-electron chi connectivity index (χ4n) is 1.62. The van der Waals surface area contributed by atoms with Gasteiger partial charge in [-0.1, -0.05) is 47.0 Å². The smallest absolute Gasteiger partial charge is 0.00834 e. The number of terminal acetylenes is 1. The fourth-order valence-corrected chi connectivity index (χ4v) is 4.59. The zero-order valence-electron chi connectivity index (χ0n) is 13.6. The molecule has 0 nitrogen and oxygen atoms in total. The van der Waals surface area contributed by atoms with Crippen LogP contribution < -0.4 is 0 Å². The average Bonchev–Trinajstić information content (AvgIpc) is 2.39. The van der Waals surface area contributed by atoms with Gasteiger partial charge in [0.1, 0.15) is 0 Å². The minimum absolute atomic E-state index is 0. The Hall–Kier alpha value is 0.509. The molecule has 0 rings (SSSR count). The predicted molar refractivity (Wildman–Crippen MR) is 90.0 cm³/mol. The Bertz CT molecular complexity index is 156. The second-order valence-corrected chi connectivity index (χ2v) is 7.54. The van der Waals surface area contributed by atoms with Crippen LogP contribution in [0.4, 0.5) is 0 Å². The third-order valence-electron chi connectivity index (χ3n) is 2.88. The van der Waals surface area contributed by atoms with Crippen molar-refractivity contribution in [1.29, 1.82) is 0 Å². The van der Waals surface area contributed by atoms with E-state index in [9.17, 15) is 0 Å². The third kappa shape index (κ3) is 24.0. The first kappa shape index (κ1) is 24.5. The van der Waals surface area contributed by atoms with E-state index in [2.05, 4.69) is 33.6 Å². The van der Waals surface area contributed by atoms with Crippen molar-refractivity contribution in [2.24, 2.45) is 0 Å². The van der Waals surface area contributed by atoms with Crippen LogP contribution in [0.1, 0.15) is 79.1 Å². The van der Waals surface area contributed by atoms with Crippen molar-refractivity contribution in [2.75, 3.05) is 18.5 Å². The summed E-state index contributed by atoms with van der Waals surface area (Å²) in [6, 6.07) is 0. The molecule has 0 aromatic heterocycles. The molecule has 0 bridgehead atoms. The van der Waals surface area contributed by atoms with Crippen LogP contribution in [0.5, 0.6) is 0 Å². The van der Waals surface area contributed by atoms with Crippen molar-refractivity contribution < 1.29 is 17.1 Å². The molecule has 0 fully saturated rings. The summed E-state index contributed by atoms with van der Waals surface area (Å²) in [5.74, 6) is 2.52. The Morgan fingerprint density at radius 3 is 1.26 bits per heavy atom. The van der Waals surface area contributed by atoms with Crippen molar-refractivity contribution >= 4 is 7.92 Å². The molecule has 19 heavy (non-hydrogen) atoms. The van der Waals surface area contributed by atoms with E-state index in [-0.39, 0.29) is 17.1 Å². The molecule has 0 saturated carbocycles. The number of hydrogen-bond donors (Lipinski definition) is 0. The zero-order chi connectivity index (χ0) is 14.1. The molecule has 1 radical (unpaired) electrons. The molecule has 0 atom stereocenters. The molecule has 0 heterocycles. The Morgan fingerprint density at radius 2 is 1.11 bits per heavy atom. The monoisotopic (exact) mass is 333 g/mol. The largest absolute Gasteiger partial charge is 0.120 e. The van der Waals surface area contributed by atoms with Crippen LogP contribution in [0.25, 0.3) is 0 Å². The summed E-state index contributed by atoms with van der Waals surface area (Å²) in [7, 11) is 0.422. The standard InChI is InChI=1S/C12H27P.C5H8.Cu/c1-4-7-10-13(11-8-5-2)12-9-6-3;1-3-5-4-2;/h4-12H2,1-3H3;1H,4-5H2,2H3;. The van der Waals surface area contributed by atoms with Crippen molar-refractivity contribution in [3.63, 3.8) is 0 Å². The van der Waals surface area contributed by atoms with Gasteiger partial charge >= 0.3 is 0 Å². The van der Waals surface area contributed by atoms with E-state index in [1.807, 2.05) is 0 Å². The van der Waals surface area contributed by atoms with E-state index in [0.29, 0.717) is 7.92 Å². The summed E-state index contributed by atoms with van der Waals surface area (Å²) in [6.45, 7) is 9.01. The van der Waals surface area contributed by atoms with E-state index < -0.39 is 0 Å². The minimum atomic E-state index is 0. The van der Waals surface area contributed by atoms with Crippen molar-refractivity contribution in [3.05, 3.63) is 0 Å². The molecule has 0 aromatic carbocycles. The fraction of sp³-hybridized carbons (Fsp3) is 0.882. The molecule has 2 heteroatoms. The molecule has 0 aromatic rings. The van der Waals surface area contributed by atoms with Crippen LogP contribution in [0.3, 0.4) is 0 Å². The van der Waals surface area contributed by atoms with E-state index >= 15 is 0 Å². The summed E-state index contributed by atoms with van der Waals surface area (Å²) in [4.78, 5) is 0. The van der Waals surface area contributed by atoms with Gasteiger partial charge in [-0.15, -0.1) is 20.3 Å². The first-order chi connectivity index (χ1) is 8.76. The van der Waals surface area contributed by atoms with E-state index in [4.69, 9.17) is 6.42 Å². The summed E-state index contributed by atoms with van der Waals surface area (Å²) >= 11 is 0.